The Kier molecular flexibility index (Phi) is 4.67. The van der Waals surface area contributed by atoms with Gasteiger partial charge in [-0.3, -0.25) is 9.59 Å². The van der Waals surface area contributed by atoms with Crippen LogP contribution < -0.4 is 5.32 Å². The number of sulfone groups is 1. The minimum Gasteiger partial charge on any atom is -0.342 e. The number of amides is 2. The van der Waals surface area contributed by atoms with Crippen LogP contribution in [0.1, 0.15) is 21.0 Å². The Balaban J connectivity index is 1.86. The van der Waals surface area contributed by atoms with Gasteiger partial charge in [-0.25, -0.2) is 8.42 Å². The predicted octanol–water partition coefficient (Wildman–Crippen LogP) is 0.432. The van der Waals surface area contributed by atoms with Crippen molar-refractivity contribution in [3.05, 3.63) is 21.9 Å². The van der Waals surface area contributed by atoms with Gasteiger partial charge >= 0.3 is 0 Å². The molecule has 21 heavy (non-hydrogen) atoms. The number of thiophene rings is 1. The van der Waals surface area contributed by atoms with E-state index in [1.807, 2.05) is 13.0 Å². The summed E-state index contributed by atoms with van der Waals surface area (Å²) in [7, 11) is -1.45. The van der Waals surface area contributed by atoms with Gasteiger partial charge in [-0.05, 0) is 25.5 Å². The molecule has 0 spiro atoms. The summed E-state index contributed by atoms with van der Waals surface area (Å²) in [6.07, 6.45) is 0.461. The quantitative estimate of drug-likeness (QED) is 0.868. The number of hydrogen-bond donors (Lipinski definition) is 1. The van der Waals surface area contributed by atoms with E-state index in [0.717, 1.165) is 4.88 Å². The van der Waals surface area contributed by atoms with Crippen LogP contribution in [0.3, 0.4) is 0 Å². The average Bonchev–Trinajstić information content (AvgIpc) is 3.00. The fourth-order valence-corrected chi connectivity index (χ4v) is 4.77. The highest BCUT2D eigenvalue weighted by atomic mass is 32.2. The van der Waals surface area contributed by atoms with E-state index in [4.69, 9.17) is 0 Å². The molecule has 8 heteroatoms. The lowest BCUT2D eigenvalue weighted by molar-refractivity contribution is -0.130. The number of rotatable bonds is 4. The second-order valence-corrected chi connectivity index (χ2v) is 8.67. The zero-order valence-corrected chi connectivity index (χ0v) is 13.6. The van der Waals surface area contributed by atoms with Crippen LogP contribution in [0.25, 0.3) is 0 Å². The van der Waals surface area contributed by atoms with Crippen LogP contribution in [0.4, 0.5) is 0 Å². The molecule has 2 rings (SSSR count). The minimum absolute atomic E-state index is 0.00725. The van der Waals surface area contributed by atoms with Crippen molar-refractivity contribution in [3.63, 3.8) is 0 Å². The summed E-state index contributed by atoms with van der Waals surface area (Å²) in [6.45, 7) is 1.78. The summed E-state index contributed by atoms with van der Waals surface area (Å²) in [6, 6.07) is 3.27. The van der Waals surface area contributed by atoms with Gasteiger partial charge in [0.25, 0.3) is 5.91 Å². The van der Waals surface area contributed by atoms with Gasteiger partial charge in [0.2, 0.25) is 5.91 Å². The molecule has 1 aliphatic rings. The second kappa shape index (κ2) is 6.15. The molecule has 0 aliphatic carbocycles. The molecule has 2 amide bonds. The third-order valence-corrected chi connectivity index (χ3v) is 6.26. The van der Waals surface area contributed by atoms with E-state index in [2.05, 4.69) is 5.32 Å². The minimum atomic E-state index is -3.03. The van der Waals surface area contributed by atoms with Gasteiger partial charge in [-0.1, -0.05) is 0 Å². The first kappa shape index (κ1) is 16.0. The van der Waals surface area contributed by atoms with Crippen molar-refractivity contribution in [2.24, 2.45) is 0 Å². The van der Waals surface area contributed by atoms with Gasteiger partial charge in [0.1, 0.15) is 0 Å². The third-order valence-electron chi connectivity index (χ3n) is 3.51. The lowest BCUT2D eigenvalue weighted by Gasteiger charge is -2.23. The van der Waals surface area contributed by atoms with Crippen LogP contribution >= 0.6 is 11.3 Å². The molecule has 116 valence electrons. The zero-order chi connectivity index (χ0) is 15.6. The van der Waals surface area contributed by atoms with E-state index >= 15 is 0 Å². The Morgan fingerprint density at radius 2 is 2.14 bits per heavy atom. The highest BCUT2D eigenvalue weighted by Gasteiger charge is 2.32. The van der Waals surface area contributed by atoms with Crippen LogP contribution in [-0.2, 0) is 14.6 Å². The standard InChI is InChI=1S/C13H18N2O4S2/c1-9-3-4-11(20-9)13(17)14-7-12(16)15(2)10-5-6-21(18,19)8-10/h3-4,10H,5-8H2,1-2H3,(H,14,17). The SMILES string of the molecule is Cc1ccc(C(=O)NCC(=O)N(C)C2CCS(=O)(=O)C2)s1. The molecule has 0 saturated carbocycles. The predicted molar refractivity (Wildman–Crippen MR) is 81.2 cm³/mol. The van der Waals surface area contributed by atoms with Crippen molar-refractivity contribution in [3.8, 4) is 0 Å². The largest absolute Gasteiger partial charge is 0.342 e. The Hall–Kier alpha value is -1.41. The molecule has 2 heterocycles. The van der Waals surface area contributed by atoms with Gasteiger partial charge in [0, 0.05) is 18.0 Å². The Morgan fingerprint density at radius 1 is 1.43 bits per heavy atom. The van der Waals surface area contributed by atoms with Crippen LogP contribution in [0.2, 0.25) is 0 Å². The number of aryl methyl sites for hydroxylation is 1. The topological polar surface area (TPSA) is 83.6 Å². The summed E-state index contributed by atoms with van der Waals surface area (Å²) in [4.78, 5) is 26.9. The Bertz CT molecular complexity index is 651. The van der Waals surface area contributed by atoms with E-state index < -0.39 is 9.84 Å². The zero-order valence-electron chi connectivity index (χ0n) is 12.0. The van der Waals surface area contributed by atoms with Crippen molar-refractivity contribution in [2.75, 3.05) is 25.1 Å². The highest BCUT2D eigenvalue weighted by Crippen LogP contribution is 2.17. The van der Waals surface area contributed by atoms with Gasteiger partial charge in [0.15, 0.2) is 9.84 Å². The summed E-state index contributed by atoms with van der Waals surface area (Å²) >= 11 is 1.36. The summed E-state index contributed by atoms with van der Waals surface area (Å²) in [5, 5.41) is 2.57. The number of hydrogen-bond acceptors (Lipinski definition) is 5. The molecule has 0 radical (unpaired) electrons. The fraction of sp³-hybridized carbons (Fsp3) is 0.538. The van der Waals surface area contributed by atoms with Crippen LogP contribution in [0.15, 0.2) is 12.1 Å². The molecular weight excluding hydrogens is 312 g/mol. The van der Waals surface area contributed by atoms with E-state index in [-0.39, 0.29) is 35.9 Å². The molecule has 1 unspecified atom stereocenters. The van der Waals surface area contributed by atoms with Crippen molar-refractivity contribution < 1.29 is 18.0 Å². The van der Waals surface area contributed by atoms with Gasteiger partial charge < -0.3 is 10.2 Å². The maximum atomic E-state index is 12.0. The molecule has 6 nitrogen and oxygen atoms in total. The molecule has 1 aromatic rings. The monoisotopic (exact) mass is 330 g/mol. The number of nitrogens with one attached hydrogen (secondary N) is 1. The summed E-state index contributed by atoms with van der Waals surface area (Å²) < 4.78 is 22.8. The summed E-state index contributed by atoms with van der Waals surface area (Å²) in [5.74, 6) is -0.434. The van der Waals surface area contributed by atoms with E-state index in [1.54, 1.807) is 13.1 Å². The first-order chi connectivity index (χ1) is 9.78. The van der Waals surface area contributed by atoms with Crippen LogP contribution in [0, 0.1) is 6.92 Å². The lowest BCUT2D eigenvalue weighted by atomic mass is 10.2. The molecule has 0 aromatic carbocycles. The molecule has 1 aromatic heterocycles. The van der Waals surface area contributed by atoms with Crippen LogP contribution in [0.5, 0.6) is 0 Å². The van der Waals surface area contributed by atoms with Crippen molar-refractivity contribution in [1.29, 1.82) is 0 Å². The fourth-order valence-electron chi connectivity index (χ4n) is 2.21. The molecule has 1 saturated heterocycles. The Morgan fingerprint density at radius 3 is 2.67 bits per heavy atom. The first-order valence-corrected chi connectivity index (χ1v) is 9.23. The van der Waals surface area contributed by atoms with E-state index in [1.165, 1.54) is 16.2 Å². The number of carbonyl (C=O) groups excluding carboxylic acids is 2. The van der Waals surface area contributed by atoms with Crippen molar-refractivity contribution >= 4 is 33.0 Å². The molecular formula is C13H18N2O4S2. The maximum Gasteiger partial charge on any atom is 0.261 e. The highest BCUT2D eigenvalue weighted by molar-refractivity contribution is 7.91. The molecule has 0 bridgehead atoms. The number of nitrogens with zero attached hydrogens (tertiary/aromatic N) is 1. The molecule has 1 aliphatic heterocycles. The number of likely N-dealkylation sites (N-methyl/N-ethyl adjacent to an activating group) is 1. The average molecular weight is 330 g/mol. The van der Waals surface area contributed by atoms with Gasteiger partial charge in [-0.15, -0.1) is 11.3 Å². The van der Waals surface area contributed by atoms with Crippen molar-refractivity contribution in [1.82, 2.24) is 10.2 Å². The smallest absolute Gasteiger partial charge is 0.261 e. The molecule has 1 atom stereocenters. The second-order valence-electron chi connectivity index (χ2n) is 5.15. The molecule has 1 N–H and O–H groups in total. The van der Waals surface area contributed by atoms with E-state index in [9.17, 15) is 18.0 Å². The molecule has 1 fully saturated rings. The van der Waals surface area contributed by atoms with E-state index in [0.29, 0.717) is 11.3 Å². The van der Waals surface area contributed by atoms with Crippen LogP contribution in [-0.4, -0.2) is 56.3 Å². The third kappa shape index (κ3) is 4.04. The van der Waals surface area contributed by atoms with Gasteiger partial charge in [0.05, 0.1) is 22.9 Å². The van der Waals surface area contributed by atoms with Gasteiger partial charge in [-0.2, -0.15) is 0 Å². The first-order valence-electron chi connectivity index (χ1n) is 6.59. The normalized spacial score (nSPS) is 20.2. The lowest BCUT2D eigenvalue weighted by Crippen LogP contribution is -2.43. The van der Waals surface area contributed by atoms with Crippen molar-refractivity contribution in [2.45, 2.75) is 19.4 Å². The Labute approximate surface area is 128 Å². The number of carbonyl (C=O) groups is 2. The maximum absolute atomic E-state index is 12.0. The summed E-state index contributed by atoms with van der Waals surface area (Å²) in [5.41, 5.74) is 0.